The van der Waals surface area contributed by atoms with Gasteiger partial charge in [0.25, 0.3) is 0 Å². The Morgan fingerprint density at radius 3 is 2.17 bits per heavy atom. The Morgan fingerprint density at radius 2 is 1.73 bits per heavy atom. The van der Waals surface area contributed by atoms with Crippen LogP contribution >= 0.6 is 0 Å². The summed E-state index contributed by atoms with van der Waals surface area (Å²) >= 11 is 0. The molecular formula is C32H45F2N3O3. The normalized spacial score (nSPS) is 14.8. The molecule has 5 N–H and O–H groups in total. The van der Waals surface area contributed by atoms with E-state index in [0.29, 0.717) is 28.8 Å². The summed E-state index contributed by atoms with van der Waals surface area (Å²) in [7, 11) is 1.57. The van der Waals surface area contributed by atoms with Crippen LogP contribution in [0.5, 0.6) is 0 Å². The Balaban J connectivity index is 0.000000680. The van der Waals surface area contributed by atoms with Crippen molar-refractivity contribution in [3.63, 3.8) is 0 Å². The van der Waals surface area contributed by atoms with Gasteiger partial charge in [-0.05, 0) is 62.4 Å². The van der Waals surface area contributed by atoms with Gasteiger partial charge in [0.2, 0.25) is 5.91 Å². The van der Waals surface area contributed by atoms with Gasteiger partial charge in [-0.25, -0.2) is 8.78 Å². The van der Waals surface area contributed by atoms with Gasteiger partial charge in [-0.3, -0.25) is 9.79 Å². The predicted octanol–water partition coefficient (Wildman–Crippen LogP) is 6.43. The first-order valence-corrected chi connectivity index (χ1v) is 13.4. The number of carbonyl (C=O) groups is 1. The molecule has 0 heterocycles. The predicted molar refractivity (Wildman–Crippen MR) is 161 cm³/mol. The molecule has 0 aliphatic rings. The summed E-state index contributed by atoms with van der Waals surface area (Å²) in [6, 6.07) is 5.74. The van der Waals surface area contributed by atoms with Crippen LogP contribution in [0, 0.1) is 17.6 Å². The number of benzene rings is 2. The van der Waals surface area contributed by atoms with E-state index in [0.717, 1.165) is 12.0 Å². The Bertz CT molecular complexity index is 1230. The first-order valence-electron chi connectivity index (χ1n) is 13.4. The molecule has 0 aromatic heterocycles. The molecule has 0 saturated heterocycles. The zero-order valence-corrected chi connectivity index (χ0v) is 25.0. The molecule has 2 aromatic carbocycles. The van der Waals surface area contributed by atoms with Gasteiger partial charge in [-0.1, -0.05) is 58.6 Å². The molecule has 0 aliphatic heterocycles. The highest BCUT2D eigenvalue weighted by Gasteiger charge is 2.26. The molecule has 1 unspecified atom stereocenters. The van der Waals surface area contributed by atoms with Gasteiger partial charge < -0.3 is 21.3 Å². The van der Waals surface area contributed by atoms with Crippen LogP contribution in [0.3, 0.4) is 0 Å². The molecule has 2 rings (SSSR count). The summed E-state index contributed by atoms with van der Waals surface area (Å²) in [6.07, 6.45) is 6.22. The number of nitrogens with two attached hydrogens (primary N) is 1. The van der Waals surface area contributed by atoms with E-state index in [-0.39, 0.29) is 29.5 Å². The van der Waals surface area contributed by atoms with E-state index < -0.39 is 22.8 Å². The van der Waals surface area contributed by atoms with E-state index in [1.807, 2.05) is 33.8 Å². The number of nitrogen functional groups attached to an aromatic ring is 1. The van der Waals surface area contributed by atoms with Crippen molar-refractivity contribution in [1.82, 2.24) is 5.32 Å². The molecule has 220 valence electrons. The quantitative estimate of drug-likeness (QED) is 0.153. The average molecular weight is 558 g/mol. The van der Waals surface area contributed by atoms with Crippen molar-refractivity contribution in [2.75, 3.05) is 12.8 Å². The van der Waals surface area contributed by atoms with E-state index >= 15 is 0 Å². The van der Waals surface area contributed by atoms with Crippen LogP contribution in [0.25, 0.3) is 11.1 Å². The van der Waals surface area contributed by atoms with Crippen LogP contribution in [-0.2, 0) is 16.9 Å². The Kier molecular flexibility index (Phi) is 12.9. The van der Waals surface area contributed by atoms with Crippen molar-refractivity contribution in [3.8, 4) is 11.1 Å². The first kappa shape index (κ1) is 34.7. The summed E-state index contributed by atoms with van der Waals surface area (Å²) in [6.45, 7) is 15.9. The summed E-state index contributed by atoms with van der Waals surface area (Å²) in [5.41, 5.74) is 7.33. The van der Waals surface area contributed by atoms with Crippen molar-refractivity contribution in [1.29, 1.82) is 0 Å². The third-order valence-corrected chi connectivity index (χ3v) is 7.14. The summed E-state index contributed by atoms with van der Waals surface area (Å²) in [4.78, 5) is 15.7. The van der Waals surface area contributed by atoms with E-state index in [1.165, 1.54) is 18.3 Å². The van der Waals surface area contributed by atoms with Crippen molar-refractivity contribution in [2.24, 2.45) is 10.9 Å². The largest absolute Gasteiger partial charge is 0.398 e. The topological polar surface area (TPSA) is 108 Å². The molecule has 8 heteroatoms. The number of halogens is 2. The lowest BCUT2D eigenvalue weighted by Gasteiger charge is -2.25. The third-order valence-electron chi connectivity index (χ3n) is 7.14. The molecule has 0 saturated carbocycles. The maximum atomic E-state index is 14.7. The van der Waals surface area contributed by atoms with Crippen LogP contribution in [0.2, 0.25) is 0 Å². The third kappa shape index (κ3) is 8.83. The molecule has 0 bridgehead atoms. The lowest BCUT2D eigenvalue weighted by molar-refractivity contribution is -0.124. The van der Waals surface area contributed by atoms with Gasteiger partial charge in [-0.2, -0.15) is 0 Å². The van der Waals surface area contributed by atoms with Crippen molar-refractivity contribution in [2.45, 2.75) is 79.1 Å². The van der Waals surface area contributed by atoms with Gasteiger partial charge in [-0.15, -0.1) is 0 Å². The van der Waals surface area contributed by atoms with E-state index in [1.54, 1.807) is 46.0 Å². The molecule has 2 aromatic rings. The zero-order valence-electron chi connectivity index (χ0n) is 25.0. The number of anilines is 1. The number of nitrogens with one attached hydrogen (secondary N) is 1. The molecular weight excluding hydrogens is 512 g/mol. The highest BCUT2D eigenvalue weighted by Crippen LogP contribution is 2.36. The number of nitrogens with zero attached hydrogens (tertiary/aromatic N) is 1. The summed E-state index contributed by atoms with van der Waals surface area (Å²) in [5.74, 6) is -2.10. The number of aliphatic imine (C=N–C) groups is 1. The standard InChI is InChI=1S/C23H29F2N3O2.C9H16O/c1-6-23(4,30)18-8-7-15(16(11-27-5)21(18)26)14-9-19(24)17(20(25)10-14)12-28-22(29)13(2)3;1-5-7-8(3)9(4,10)6-2/h7-11,13,30H,6,12,26H2,1-5H3,(H,28,29);5,7,10H,1,6H2,2-4H3/b;8-7+/t23-;/m1./s1. The fraction of sp³-hybridized carbons (Fsp3) is 0.438. The first-order chi connectivity index (χ1) is 18.6. The number of allylic oxidation sites excluding steroid dienone is 2. The van der Waals surface area contributed by atoms with Gasteiger partial charge in [0.15, 0.2) is 0 Å². The Morgan fingerprint density at radius 1 is 1.15 bits per heavy atom. The summed E-state index contributed by atoms with van der Waals surface area (Å²) in [5, 5.41) is 22.7. The highest BCUT2D eigenvalue weighted by molar-refractivity contribution is 5.97. The van der Waals surface area contributed by atoms with Crippen LogP contribution in [0.15, 0.2) is 53.6 Å². The lowest BCUT2D eigenvalue weighted by Crippen LogP contribution is -2.28. The molecule has 1 amide bonds. The SMILES string of the molecule is C=C/C=C(\C)C(C)(O)CC.CC[C@@](C)(O)c1ccc(-c2cc(F)c(CNC(=O)C(C)C)c(F)c2)c(C=NC)c1N. The smallest absolute Gasteiger partial charge is 0.222 e. The molecule has 2 atom stereocenters. The number of hydrogen-bond acceptors (Lipinski definition) is 5. The van der Waals surface area contributed by atoms with Gasteiger partial charge in [0.1, 0.15) is 11.6 Å². The minimum atomic E-state index is -1.14. The molecule has 0 fully saturated rings. The van der Waals surface area contributed by atoms with Crippen LogP contribution < -0.4 is 11.1 Å². The molecule has 6 nitrogen and oxygen atoms in total. The second-order valence-electron chi connectivity index (χ2n) is 10.5. The fourth-order valence-corrected chi connectivity index (χ4v) is 3.76. The minimum Gasteiger partial charge on any atom is -0.398 e. The maximum absolute atomic E-state index is 14.7. The average Bonchev–Trinajstić information content (AvgIpc) is 2.89. The van der Waals surface area contributed by atoms with Crippen LogP contribution in [-0.4, -0.2) is 35.0 Å². The van der Waals surface area contributed by atoms with Gasteiger partial charge >= 0.3 is 0 Å². The van der Waals surface area contributed by atoms with Crippen molar-refractivity contribution >= 4 is 17.8 Å². The number of aliphatic hydroxyl groups is 2. The lowest BCUT2D eigenvalue weighted by atomic mass is 9.87. The minimum absolute atomic E-state index is 0.211. The second kappa shape index (κ2) is 14.9. The monoisotopic (exact) mass is 557 g/mol. The molecule has 0 aliphatic carbocycles. The van der Waals surface area contributed by atoms with E-state index in [9.17, 15) is 23.8 Å². The van der Waals surface area contributed by atoms with Crippen LogP contribution in [0.1, 0.15) is 78.0 Å². The number of carbonyl (C=O) groups excluding carboxylic acids is 1. The number of amides is 1. The van der Waals surface area contributed by atoms with E-state index in [2.05, 4.69) is 16.9 Å². The summed E-state index contributed by atoms with van der Waals surface area (Å²) < 4.78 is 29.4. The van der Waals surface area contributed by atoms with Crippen molar-refractivity contribution in [3.05, 3.63) is 76.9 Å². The zero-order chi connectivity index (χ0) is 30.8. The molecule has 40 heavy (non-hydrogen) atoms. The fourth-order valence-electron chi connectivity index (χ4n) is 3.76. The van der Waals surface area contributed by atoms with Gasteiger partial charge in [0, 0.05) is 48.1 Å². The molecule has 0 radical (unpaired) electrons. The van der Waals surface area contributed by atoms with E-state index in [4.69, 9.17) is 5.73 Å². The van der Waals surface area contributed by atoms with Gasteiger partial charge in [0.05, 0.1) is 11.2 Å². The Labute approximate surface area is 237 Å². The maximum Gasteiger partial charge on any atom is 0.222 e. The van der Waals surface area contributed by atoms with Crippen molar-refractivity contribution < 1.29 is 23.8 Å². The Hall–Kier alpha value is -3.36. The van der Waals surface area contributed by atoms with Crippen LogP contribution in [0.4, 0.5) is 14.5 Å². The molecule has 0 spiro atoms. The number of rotatable bonds is 10. The number of hydrogen-bond donors (Lipinski definition) is 4. The second-order valence-corrected chi connectivity index (χ2v) is 10.5. The highest BCUT2D eigenvalue weighted by atomic mass is 19.1.